The molecule has 0 aromatic heterocycles. The van der Waals surface area contributed by atoms with E-state index in [-0.39, 0.29) is 0 Å². The zero-order valence-corrected chi connectivity index (χ0v) is 5.11. The fraction of sp³-hybridized carbons (Fsp3) is 0.571. The fourth-order valence-corrected chi connectivity index (χ4v) is 0.327. The summed E-state index contributed by atoms with van der Waals surface area (Å²) >= 11 is 0. The Kier molecular flexibility index (Phi) is 5.63. The summed E-state index contributed by atoms with van der Waals surface area (Å²) in [6.07, 6.45) is 3.20. The Morgan fingerprint density at radius 1 is 1.50 bits per heavy atom. The van der Waals surface area contributed by atoms with E-state index < -0.39 is 0 Å². The second kappa shape index (κ2) is 6.23. The van der Waals surface area contributed by atoms with Crippen LogP contribution in [0, 0.1) is 11.8 Å². The van der Waals surface area contributed by atoms with Crippen molar-refractivity contribution in [3.63, 3.8) is 0 Å². The van der Waals surface area contributed by atoms with Crippen LogP contribution in [0.1, 0.15) is 26.2 Å². The Hall–Kier alpha value is -0.770. The van der Waals surface area contributed by atoms with Crippen molar-refractivity contribution < 1.29 is 4.79 Å². The van der Waals surface area contributed by atoms with Crippen LogP contribution in [0.4, 0.5) is 0 Å². The molecule has 0 aliphatic carbocycles. The van der Waals surface area contributed by atoms with Crippen LogP contribution in [0.15, 0.2) is 0 Å². The predicted molar refractivity (Wildman–Crippen MR) is 33.4 cm³/mol. The van der Waals surface area contributed by atoms with Crippen LogP contribution in [-0.4, -0.2) is 6.29 Å². The second-order valence-electron chi connectivity index (χ2n) is 1.47. The molecule has 1 heteroatoms. The van der Waals surface area contributed by atoms with Gasteiger partial charge in [0.15, 0.2) is 0 Å². The lowest BCUT2D eigenvalue weighted by molar-refractivity contribution is -0.107. The van der Waals surface area contributed by atoms with Gasteiger partial charge in [0, 0.05) is 6.42 Å². The Bertz CT molecular complexity index is 105. The lowest BCUT2D eigenvalue weighted by Gasteiger charge is -1.74. The van der Waals surface area contributed by atoms with Crippen LogP contribution in [0.25, 0.3) is 0 Å². The van der Waals surface area contributed by atoms with Crippen LogP contribution in [0.3, 0.4) is 0 Å². The molecule has 0 atom stereocenters. The molecule has 0 aromatic carbocycles. The highest BCUT2D eigenvalue weighted by molar-refractivity contribution is 5.53. The summed E-state index contributed by atoms with van der Waals surface area (Å²) in [5.74, 6) is 5.57. The standard InChI is InChI=1S/C7H10O/c1-2-3-4-5-6-7-8/h7H,2-3,6H2,1H3. The fourth-order valence-electron chi connectivity index (χ4n) is 0.327. The number of rotatable bonds is 2. The Morgan fingerprint density at radius 3 is 2.75 bits per heavy atom. The van der Waals surface area contributed by atoms with E-state index in [1.807, 2.05) is 0 Å². The number of carbonyl (C=O) groups is 1. The molecular formula is C7H10O. The highest BCUT2D eigenvalue weighted by Crippen LogP contribution is 1.80. The predicted octanol–water partition coefficient (Wildman–Crippen LogP) is 1.38. The largest absolute Gasteiger partial charge is 0.302 e. The molecule has 0 radical (unpaired) electrons. The molecule has 0 unspecified atom stereocenters. The number of unbranched alkanes of at least 4 members (excludes halogenated alkanes) is 1. The zero-order valence-electron chi connectivity index (χ0n) is 5.11. The SMILES string of the molecule is CCCC#CCC=O. The average Bonchev–Trinajstić information content (AvgIpc) is 1.81. The van der Waals surface area contributed by atoms with Gasteiger partial charge in [-0.3, -0.25) is 0 Å². The molecule has 0 fully saturated rings. The summed E-state index contributed by atoms with van der Waals surface area (Å²) < 4.78 is 0. The van der Waals surface area contributed by atoms with Crippen molar-refractivity contribution >= 4 is 6.29 Å². The van der Waals surface area contributed by atoms with Gasteiger partial charge >= 0.3 is 0 Å². The van der Waals surface area contributed by atoms with E-state index >= 15 is 0 Å². The van der Waals surface area contributed by atoms with Crippen LogP contribution in [0.2, 0.25) is 0 Å². The minimum atomic E-state index is 0.389. The Balaban J connectivity index is 3.07. The third-order valence-electron chi connectivity index (χ3n) is 0.685. The molecule has 0 aliphatic heterocycles. The number of carbonyl (C=O) groups excluding carboxylic acids is 1. The Morgan fingerprint density at radius 2 is 2.25 bits per heavy atom. The highest BCUT2D eigenvalue weighted by atomic mass is 16.1. The van der Waals surface area contributed by atoms with Crippen LogP contribution in [0.5, 0.6) is 0 Å². The van der Waals surface area contributed by atoms with Gasteiger partial charge in [0.1, 0.15) is 6.29 Å². The molecule has 0 aliphatic rings. The normalized spacial score (nSPS) is 7.12. The lowest BCUT2D eigenvalue weighted by atomic mass is 10.3. The van der Waals surface area contributed by atoms with Crippen molar-refractivity contribution in [1.82, 2.24) is 0 Å². The number of hydrogen-bond acceptors (Lipinski definition) is 1. The quantitative estimate of drug-likeness (QED) is 0.387. The van der Waals surface area contributed by atoms with Gasteiger partial charge in [-0.2, -0.15) is 0 Å². The number of hydrogen-bond donors (Lipinski definition) is 0. The molecule has 0 aromatic rings. The summed E-state index contributed by atoms with van der Waals surface area (Å²) in [5, 5.41) is 0. The van der Waals surface area contributed by atoms with Crippen molar-refractivity contribution in [3.8, 4) is 11.8 Å². The molecule has 8 heavy (non-hydrogen) atoms. The van der Waals surface area contributed by atoms with E-state index in [9.17, 15) is 4.79 Å². The van der Waals surface area contributed by atoms with Crippen LogP contribution >= 0.6 is 0 Å². The smallest absolute Gasteiger partial charge is 0.131 e. The van der Waals surface area contributed by atoms with Crippen molar-refractivity contribution in [2.24, 2.45) is 0 Å². The molecule has 0 saturated carbocycles. The van der Waals surface area contributed by atoms with E-state index in [2.05, 4.69) is 18.8 Å². The van der Waals surface area contributed by atoms with Gasteiger partial charge in [0.25, 0.3) is 0 Å². The highest BCUT2D eigenvalue weighted by Gasteiger charge is 1.69. The first kappa shape index (κ1) is 7.23. The van der Waals surface area contributed by atoms with E-state index in [0.29, 0.717) is 6.42 Å². The van der Waals surface area contributed by atoms with Crippen molar-refractivity contribution in [2.45, 2.75) is 26.2 Å². The molecule has 1 nitrogen and oxygen atoms in total. The van der Waals surface area contributed by atoms with E-state index in [0.717, 1.165) is 19.1 Å². The maximum atomic E-state index is 9.67. The zero-order chi connectivity index (χ0) is 6.24. The van der Waals surface area contributed by atoms with Gasteiger partial charge in [-0.05, 0) is 6.42 Å². The number of aldehydes is 1. The maximum absolute atomic E-state index is 9.67. The van der Waals surface area contributed by atoms with Crippen molar-refractivity contribution in [3.05, 3.63) is 0 Å². The van der Waals surface area contributed by atoms with Crippen molar-refractivity contribution in [2.75, 3.05) is 0 Å². The van der Waals surface area contributed by atoms with Gasteiger partial charge in [0.05, 0.1) is 6.42 Å². The molecule has 0 N–H and O–H groups in total. The third-order valence-corrected chi connectivity index (χ3v) is 0.685. The van der Waals surface area contributed by atoms with Gasteiger partial charge in [-0.1, -0.05) is 12.8 Å². The molecule has 0 amide bonds. The molecule has 0 rings (SSSR count). The van der Waals surface area contributed by atoms with Gasteiger partial charge in [-0.15, -0.1) is 5.92 Å². The molecule has 0 heterocycles. The van der Waals surface area contributed by atoms with Crippen LogP contribution in [-0.2, 0) is 4.79 Å². The van der Waals surface area contributed by atoms with Gasteiger partial charge in [-0.25, -0.2) is 0 Å². The first-order chi connectivity index (χ1) is 3.91. The molecule has 0 spiro atoms. The van der Waals surface area contributed by atoms with E-state index in [4.69, 9.17) is 0 Å². The minimum absolute atomic E-state index is 0.389. The Labute approximate surface area is 50.1 Å². The topological polar surface area (TPSA) is 17.1 Å². The first-order valence-corrected chi connectivity index (χ1v) is 2.81. The van der Waals surface area contributed by atoms with Crippen molar-refractivity contribution in [1.29, 1.82) is 0 Å². The second-order valence-corrected chi connectivity index (χ2v) is 1.47. The van der Waals surface area contributed by atoms with Gasteiger partial charge in [0.2, 0.25) is 0 Å². The monoisotopic (exact) mass is 110 g/mol. The summed E-state index contributed by atoms with van der Waals surface area (Å²) in [6.45, 7) is 2.07. The summed E-state index contributed by atoms with van der Waals surface area (Å²) in [4.78, 5) is 9.67. The van der Waals surface area contributed by atoms with E-state index in [1.54, 1.807) is 0 Å². The third kappa shape index (κ3) is 5.23. The molecular weight excluding hydrogens is 100 g/mol. The summed E-state index contributed by atoms with van der Waals surface area (Å²) in [6, 6.07) is 0. The summed E-state index contributed by atoms with van der Waals surface area (Å²) in [5.41, 5.74) is 0. The molecule has 0 bridgehead atoms. The molecule has 0 saturated heterocycles. The van der Waals surface area contributed by atoms with Crippen LogP contribution < -0.4 is 0 Å². The maximum Gasteiger partial charge on any atom is 0.131 e. The lowest BCUT2D eigenvalue weighted by Crippen LogP contribution is -1.66. The van der Waals surface area contributed by atoms with Gasteiger partial charge < -0.3 is 4.79 Å². The first-order valence-electron chi connectivity index (χ1n) is 2.81. The average molecular weight is 110 g/mol. The minimum Gasteiger partial charge on any atom is -0.302 e. The van der Waals surface area contributed by atoms with E-state index in [1.165, 1.54) is 0 Å². The molecule has 44 valence electrons. The summed E-state index contributed by atoms with van der Waals surface area (Å²) in [7, 11) is 0.